The summed E-state index contributed by atoms with van der Waals surface area (Å²) in [6, 6.07) is 12.5. The molecule has 0 saturated heterocycles. The molecule has 0 heterocycles. The predicted octanol–water partition coefficient (Wildman–Crippen LogP) is 3.86. The minimum absolute atomic E-state index is 0.171. The summed E-state index contributed by atoms with van der Waals surface area (Å²) >= 11 is 0. The number of hydrogen-bond donors (Lipinski definition) is 1. The summed E-state index contributed by atoms with van der Waals surface area (Å²) in [5.74, 6) is -1.03. The first-order valence-electron chi connectivity index (χ1n) is 8.65. The Hall–Kier alpha value is -2.89. The molecule has 0 aliphatic rings. The first-order chi connectivity index (χ1) is 12.7. The fraction of sp³-hybridized carbons (Fsp3) is 0.333. The van der Waals surface area contributed by atoms with Crippen LogP contribution in [0.3, 0.4) is 0 Å². The molecule has 1 atom stereocenters. The normalized spacial score (nSPS) is 12.2. The molecule has 0 spiro atoms. The molecule has 0 aliphatic carbocycles. The van der Waals surface area contributed by atoms with Crippen LogP contribution in [0.4, 0.5) is 4.39 Å². The maximum atomic E-state index is 13.0. The van der Waals surface area contributed by atoms with Crippen LogP contribution in [0.25, 0.3) is 0 Å². The monoisotopic (exact) mass is 373 g/mol. The van der Waals surface area contributed by atoms with Gasteiger partial charge in [0.25, 0.3) is 5.91 Å². The van der Waals surface area contributed by atoms with Gasteiger partial charge in [0.1, 0.15) is 23.7 Å². The van der Waals surface area contributed by atoms with Crippen molar-refractivity contribution in [1.29, 1.82) is 0 Å². The van der Waals surface area contributed by atoms with Gasteiger partial charge in [-0.1, -0.05) is 24.3 Å². The van der Waals surface area contributed by atoms with Crippen molar-refractivity contribution in [1.82, 2.24) is 5.32 Å². The molecular weight excluding hydrogens is 349 g/mol. The molecule has 0 bridgehead atoms. The summed E-state index contributed by atoms with van der Waals surface area (Å²) in [6.45, 7) is 7.22. The van der Waals surface area contributed by atoms with E-state index in [0.29, 0.717) is 5.75 Å². The molecular formula is C21H24FNO4. The number of esters is 1. The largest absolute Gasteiger partial charge is 0.488 e. The maximum absolute atomic E-state index is 13.0. The molecule has 6 heteroatoms. The molecule has 144 valence electrons. The third-order valence-corrected chi connectivity index (χ3v) is 3.57. The quantitative estimate of drug-likeness (QED) is 0.781. The Bertz CT molecular complexity index is 797. The summed E-state index contributed by atoms with van der Waals surface area (Å²) in [4.78, 5) is 24.6. The zero-order chi connectivity index (χ0) is 20.0. The molecule has 27 heavy (non-hydrogen) atoms. The van der Waals surface area contributed by atoms with Crippen LogP contribution in [0, 0.1) is 5.82 Å². The molecule has 2 aromatic rings. The summed E-state index contributed by atoms with van der Waals surface area (Å²) in [7, 11) is 0. The first-order valence-corrected chi connectivity index (χ1v) is 8.65. The minimum atomic E-state index is -0.943. The van der Waals surface area contributed by atoms with Crippen molar-refractivity contribution in [2.24, 2.45) is 0 Å². The lowest BCUT2D eigenvalue weighted by Gasteiger charge is -2.23. The van der Waals surface area contributed by atoms with Gasteiger partial charge >= 0.3 is 5.97 Å². The second kappa shape index (κ2) is 8.66. The van der Waals surface area contributed by atoms with Gasteiger partial charge in [-0.25, -0.2) is 9.18 Å². The summed E-state index contributed by atoms with van der Waals surface area (Å²) in [6.07, 6.45) is -0.943. The van der Waals surface area contributed by atoms with E-state index < -0.39 is 17.6 Å². The summed E-state index contributed by atoms with van der Waals surface area (Å²) < 4.78 is 23.9. The van der Waals surface area contributed by atoms with Crippen molar-refractivity contribution >= 4 is 11.9 Å². The SMILES string of the molecule is CC(OC(=O)c1ccccc1OCc1ccc(F)cc1)C(=O)NC(C)(C)C. The van der Waals surface area contributed by atoms with E-state index in [2.05, 4.69) is 5.32 Å². The summed E-state index contributed by atoms with van der Waals surface area (Å²) in [5.41, 5.74) is 0.556. The molecule has 5 nitrogen and oxygen atoms in total. The van der Waals surface area contributed by atoms with Crippen LogP contribution < -0.4 is 10.1 Å². The van der Waals surface area contributed by atoms with Crippen molar-refractivity contribution in [3.8, 4) is 5.75 Å². The van der Waals surface area contributed by atoms with E-state index in [1.165, 1.54) is 19.1 Å². The molecule has 0 saturated carbocycles. The van der Waals surface area contributed by atoms with Crippen LogP contribution in [-0.4, -0.2) is 23.5 Å². The number of rotatable bonds is 6. The zero-order valence-corrected chi connectivity index (χ0v) is 15.9. The van der Waals surface area contributed by atoms with E-state index in [1.54, 1.807) is 36.4 Å². The van der Waals surface area contributed by atoms with Crippen molar-refractivity contribution < 1.29 is 23.5 Å². The number of para-hydroxylation sites is 1. The summed E-state index contributed by atoms with van der Waals surface area (Å²) in [5, 5.41) is 2.76. The standard InChI is InChI=1S/C21H24FNO4/c1-14(19(24)23-21(2,3)4)27-20(25)17-7-5-6-8-18(17)26-13-15-9-11-16(22)12-10-15/h5-12,14H,13H2,1-4H3,(H,23,24). The lowest BCUT2D eigenvalue weighted by atomic mass is 10.1. The average Bonchev–Trinajstić information content (AvgIpc) is 2.60. The lowest BCUT2D eigenvalue weighted by Crippen LogP contribution is -2.46. The van der Waals surface area contributed by atoms with Crippen molar-refractivity contribution in [3.05, 3.63) is 65.5 Å². The number of amides is 1. The highest BCUT2D eigenvalue weighted by molar-refractivity contribution is 5.94. The highest BCUT2D eigenvalue weighted by Crippen LogP contribution is 2.21. The number of ether oxygens (including phenoxy) is 2. The number of carbonyl (C=O) groups excluding carboxylic acids is 2. The Morgan fingerprint density at radius 1 is 1.07 bits per heavy atom. The van der Waals surface area contributed by atoms with Gasteiger partial charge in [-0.2, -0.15) is 0 Å². The van der Waals surface area contributed by atoms with Crippen molar-refractivity contribution in [3.63, 3.8) is 0 Å². The lowest BCUT2D eigenvalue weighted by molar-refractivity contribution is -0.130. The molecule has 1 unspecified atom stereocenters. The minimum Gasteiger partial charge on any atom is -0.488 e. The van der Waals surface area contributed by atoms with Gasteiger partial charge in [0.2, 0.25) is 0 Å². The fourth-order valence-corrected chi connectivity index (χ4v) is 2.25. The van der Waals surface area contributed by atoms with E-state index in [0.717, 1.165) is 5.56 Å². The molecule has 0 fully saturated rings. The Balaban J connectivity index is 2.04. The van der Waals surface area contributed by atoms with E-state index >= 15 is 0 Å². The Morgan fingerprint density at radius 2 is 1.70 bits per heavy atom. The first kappa shape index (κ1) is 20.4. The Morgan fingerprint density at radius 3 is 2.33 bits per heavy atom. The number of nitrogens with one attached hydrogen (secondary N) is 1. The van der Waals surface area contributed by atoms with Crippen LogP contribution >= 0.6 is 0 Å². The van der Waals surface area contributed by atoms with Gasteiger partial charge in [-0.05, 0) is 57.5 Å². The van der Waals surface area contributed by atoms with Crippen LogP contribution in [0.2, 0.25) is 0 Å². The Kier molecular flexibility index (Phi) is 6.55. The van der Waals surface area contributed by atoms with Crippen LogP contribution in [0.15, 0.2) is 48.5 Å². The van der Waals surface area contributed by atoms with Gasteiger partial charge in [0.05, 0.1) is 0 Å². The third-order valence-electron chi connectivity index (χ3n) is 3.57. The van der Waals surface area contributed by atoms with E-state index in [-0.39, 0.29) is 23.9 Å². The van der Waals surface area contributed by atoms with Crippen LogP contribution in [0.5, 0.6) is 5.75 Å². The van der Waals surface area contributed by atoms with Gasteiger partial charge in [-0.3, -0.25) is 4.79 Å². The number of benzene rings is 2. The van der Waals surface area contributed by atoms with E-state index in [9.17, 15) is 14.0 Å². The van der Waals surface area contributed by atoms with E-state index in [4.69, 9.17) is 9.47 Å². The molecule has 2 rings (SSSR count). The van der Waals surface area contributed by atoms with Crippen molar-refractivity contribution in [2.75, 3.05) is 0 Å². The molecule has 0 aromatic heterocycles. The van der Waals surface area contributed by atoms with Crippen LogP contribution in [0.1, 0.15) is 43.6 Å². The highest BCUT2D eigenvalue weighted by Gasteiger charge is 2.24. The number of hydrogen-bond acceptors (Lipinski definition) is 4. The second-order valence-corrected chi connectivity index (χ2v) is 7.20. The van der Waals surface area contributed by atoms with Gasteiger partial charge in [-0.15, -0.1) is 0 Å². The van der Waals surface area contributed by atoms with Gasteiger partial charge in [0.15, 0.2) is 6.10 Å². The van der Waals surface area contributed by atoms with Gasteiger partial charge < -0.3 is 14.8 Å². The van der Waals surface area contributed by atoms with Crippen molar-refractivity contribution in [2.45, 2.75) is 45.9 Å². The molecule has 2 aromatic carbocycles. The zero-order valence-electron chi connectivity index (χ0n) is 15.9. The molecule has 1 amide bonds. The molecule has 0 radical (unpaired) electrons. The number of halogens is 1. The third kappa shape index (κ3) is 6.40. The average molecular weight is 373 g/mol. The Labute approximate surface area is 158 Å². The fourth-order valence-electron chi connectivity index (χ4n) is 2.25. The van der Waals surface area contributed by atoms with Crippen LogP contribution in [-0.2, 0) is 16.1 Å². The van der Waals surface area contributed by atoms with E-state index in [1.807, 2.05) is 20.8 Å². The molecule has 0 aliphatic heterocycles. The smallest absolute Gasteiger partial charge is 0.342 e. The highest BCUT2D eigenvalue weighted by atomic mass is 19.1. The molecule has 1 N–H and O–H groups in total. The predicted molar refractivity (Wildman–Crippen MR) is 99.9 cm³/mol. The second-order valence-electron chi connectivity index (χ2n) is 7.20. The van der Waals surface area contributed by atoms with Gasteiger partial charge in [0, 0.05) is 5.54 Å². The maximum Gasteiger partial charge on any atom is 0.342 e. The topological polar surface area (TPSA) is 64.6 Å². The number of carbonyl (C=O) groups is 2.